The standard InChI is InChI=1S/C14H14N2O5/c1-9-4-5-11(14(19)20)13(18)16(9)8-12(17)15-7-10-3-2-6-21-10/h2-6H,7-8H2,1H3,(H,15,17)(H,19,20). The highest BCUT2D eigenvalue weighted by atomic mass is 16.4. The molecule has 0 spiro atoms. The van der Waals surface area contributed by atoms with Crippen LogP contribution >= 0.6 is 0 Å². The zero-order chi connectivity index (χ0) is 15.4. The summed E-state index contributed by atoms with van der Waals surface area (Å²) in [7, 11) is 0. The summed E-state index contributed by atoms with van der Waals surface area (Å²) in [5.74, 6) is -1.13. The van der Waals surface area contributed by atoms with Crippen LogP contribution in [0.5, 0.6) is 0 Å². The van der Waals surface area contributed by atoms with Crippen molar-refractivity contribution in [3.63, 3.8) is 0 Å². The van der Waals surface area contributed by atoms with Crippen LogP contribution in [-0.2, 0) is 17.9 Å². The van der Waals surface area contributed by atoms with Crippen molar-refractivity contribution < 1.29 is 19.1 Å². The van der Waals surface area contributed by atoms with Gasteiger partial charge in [-0.1, -0.05) is 0 Å². The molecule has 1 amide bonds. The van der Waals surface area contributed by atoms with Gasteiger partial charge in [0.15, 0.2) is 0 Å². The van der Waals surface area contributed by atoms with Crippen LogP contribution in [0, 0.1) is 6.92 Å². The first-order valence-electron chi connectivity index (χ1n) is 6.22. The van der Waals surface area contributed by atoms with Crippen molar-refractivity contribution in [3.05, 3.63) is 57.9 Å². The average molecular weight is 290 g/mol. The summed E-state index contributed by atoms with van der Waals surface area (Å²) in [5.41, 5.74) is -0.548. The normalized spacial score (nSPS) is 10.3. The van der Waals surface area contributed by atoms with Crippen molar-refractivity contribution in [2.45, 2.75) is 20.0 Å². The quantitative estimate of drug-likeness (QED) is 0.846. The van der Waals surface area contributed by atoms with Crippen LogP contribution in [0.4, 0.5) is 0 Å². The lowest BCUT2D eigenvalue weighted by atomic mass is 10.2. The minimum absolute atomic E-state index is 0.207. The fraction of sp³-hybridized carbons (Fsp3) is 0.214. The van der Waals surface area contributed by atoms with E-state index in [1.165, 1.54) is 18.4 Å². The van der Waals surface area contributed by atoms with Crippen molar-refractivity contribution in [1.82, 2.24) is 9.88 Å². The second kappa shape index (κ2) is 6.08. The molecule has 0 atom stereocenters. The number of aromatic carboxylic acids is 1. The molecule has 0 aromatic carbocycles. The summed E-state index contributed by atoms with van der Waals surface area (Å²) in [4.78, 5) is 34.7. The highest BCUT2D eigenvalue weighted by molar-refractivity contribution is 5.87. The second-order valence-corrected chi connectivity index (χ2v) is 4.44. The van der Waals surface area contributed by atoms with E-state index in [4.69, 9.17) is 9.52 Å². The molecule has 7 heteroatoms. The summed E-state index contributed by atoms with van der Waals surface area (Å²) in [6.07, 6.45) is 1.49. The van der Waals surface area contributed by atoms with Gasteiger partial charge in [0.25, 0.3) is 5.56 Å². The van der Waals surface area contributed by atoms with Gasteiger partial charge in [-0.15, -0.1) is 0 Å². The van der Waals surface area contributed by atoms with Gasteiger partial charge in [0, 0.05) is 5.69 Å². The lowest BCUT2D eigenvalue weighted by Crippen LogP contribution is -2.35. The lowest BCUT2D eigenvalue weighted by Gasteiger charge is -2.10. The third-order valence-electron chi connectivity index (χ3n) is 2.96. The fourth-order valence-corrected chi connectivity index (χ4v) is 1.83. The number of carbonyl (C=O) groups excluding carboxylic acids is 1. The minimum Gasteiger partial charge on any atom is -0.477 e. The van der Waals surface area contributed by atoms with E-state index in [0.29, 0.717) is 11.5 Å². The van der Waals surface area contributed by atoms with E-state index in [2.05, 4.69) is 5.32 Å². The first kappa shape index (κ1) is 14.6. The molecule has 7 nitrogen and oxygen atoms in total. The maximum Gasteiger partial charge on any atom is 0.341 e. The number of furan rings is 1. The van der Waals surface area contributed by atoms with Crippen LogP contribution in [0.3, 0.4) is 0 Å². The molecule has 0 radical (unpaired) electrons. The number of hydrogen-bond donors (Lipinski definition) is 2. The van der Waals surface area contributed by atoms with Crippen molar-refractivity contribution in [2.75, 3.05) is 0 Å². The molecule has 0 aliphatic carbocycles. The fourth-order valence-electron chi connectivity index (χ4n) is 1.83. The third kappa shape index (κ3) is 3.38. The highest BCUT2D eigenvalue weighted by Gasteiger charge is 2.14. The van der Waals surface area contributed by atoms with Gasteiger partial charge < -0.3 is 19.4 Å². The number of aryl methyl sites for hydroxylation is 1. The number of carbonyl (C=O) groups is 2. The molecule has 110 valence electrons. The Morgan fingerprint density at radius 3 is 2.71 bits per heavy atom. The van der Waals surface area contributed by atoms with Gasteiger partial charge >= 0.3 is 5.97 Å². The molecule has 2 rings (SSSR count). The van der Waals surface area contributed by atoms with E-state index in [0.717, 1.165) is 4.57 Å². The molecule has 0 bridgehead atoms. The molecule has 2 aromatic heterocycles. The van der Waals surface area contributed by atoms with E-state index < -0.39 is 17.4 Å². The van der Waals surface area contributed by atoms with Gasteiger partial charge in [-0.05, 0) is 31.2 Å². The highest BCUT2D eigenvalue weighted by Crippen LogP contribution is 2.01. The lowest BCUT2D eigenvalue weighted by molar-refractivity contribution is -0.122. The molecule has 0 unspecified atom stereocenters. The van der Waals surface area contributed by atoms with Crippen LogP contribution < -0.4 is 10.9 Å². The van der Waals surface area contributed by atoms with Crippen molar-refractivity contribution in [1.29, 1.82) is 0 Å². The number of nitrogens with zero attached hydrogens (tertiary/aromatic N) is 1. The maximum atomic E-state index is 12.0. The van der Waals surface area contributed by atoms with E-state index in [1.807, 2.05) is 0 Å². The smallest absolute Gasteiger partial charge is 0.341 e. The summed E-state index contributed by atoms with van der Waals surface area (Å²) in [6.45, 7) is 1.59. The number of pyridine rings is 1. The Kier molecular flexibility index (Phi) is 4.22. The van der Waals surface area contributed by atoms with Gasteiger partial charge in [-0.2, -0.15) is 0 Å². The van der Waals surface area contributed by atoms with Crippen molar-refractivity contribution >= 4 is 11.9 Å². The predicted molar refractivity (Wildman–Crippen MR) is 73.0 cm³/mol. The molecule has 2 N–H and O–H groups in total. The van der Waals surface area contributed by atoms with Crippen LogP contribution in [-0.4, -0.2) is 21.6 Å². The summed E-state index contributed by atoms with van der Waals surface area (Å²) in [6, 6.07) is 6.14. The first-order chi connectivity index (χ1) is 9.99. The molecule has 0 aliphatic rings. The molecular weight excluding hydrogens is 276 g/mol. The van der Waals surface area contributed by atoms with Gasteiger partial charge in [0.2, 0.25) is 5.91 Å². The van der Waals surface area contributed by atoms with E-state index in [1.54, 1.807) is 19.1 Å². The van der Waals surface area contributed by atoms with Gasteiger partial charge in [0.05, 0.1) is 12.8 Å². The van der Waals surface area contributed by atoms with Crippen LogP contribution in [0.15, 0.2) is 39.7 Å². The number of aromatic nitrogens is 1. The second-order valence-electron chi connectivity index (χ2n) is 4.44. The Balaban J connectivity index is 2.11. The number of hydrogen-bond acceptors (Lipinski definition) is 4. The maximum absolute atomic E-state index is 12.0. The summed E-state index contributed by atoms with van der Waals surface area (Å²) < 4.78 is 6.20. The van der Waals surface area contributed by atoms with Gasteiger partial charge in [-0.25, -0.2) is 4.79 Å². The van der Waals surface area contributed by atoms with Crippen LogP contribution in [0.2, 0.25) is 0 Å². The van der Waals surface area contributed by atoms with Crippen LogP contribution in [0.25, 0.3) is 0 Å². The molecule has 0 fully saturated rings. The largest absolute Gasteiger partial charge is 0.477 e. The number of carboxylic acids is 1. The summed E-state index contributed by atoms with van der Waals surface area (Å²) in [5, 5.41) is 11.5. The molecule has 21 heavy (non-hydrogen) atoms. The molecule has 0 saturated carbocycles. The zero-order valence-corrected chi connectivity index (χ0v) is 11.3. The van der Waals surface area contributed by atoms with E-state index in [-0.39, 0.29) is 18.7 Å². The summed E-state index contributed by atoms with van der Waals surface area (Å²) >= 11 is 0. The topological polar surface area (TPSA) is 102 Å². The van der Waals surface area contributed by atoms with Gasteiger partial charge in [0.1, 0.15) is 17.9 Å². The van der Waals surface area contributed by atoms with E-state index in [9.17, 15) is 14.4 Å². The van der Waals surface area contributed by atoms with E-state index >= 15 is 0 Å². The first-order valence-corrected chi connectivity index (χ1v) is 6.22. The Morgan fingerprint density at radius 2 is 2.10 bits per heavy atom. The Morgan fingerprint density at radius 1 is 1.33 bits per heavy atom. The predicted octanol–water partition coefficient (Wildman–Crippen LogP) is 0.764. The van der Waals surface area contributed by atoms with Crippen molar-refractivity contribution in [3.8, 4) is 0 Å². The third-order valence-corrected chi connectivity index (χ3v) is 2.96. The molecule has 0 saturated heterocycles. The number of nitrogens with one attached hydrogen (secondary N) is 1. The SMILES string of the molecule is Cc1ccc(C(=O)O)c(=O)n1CC(=O)NCc1ccco1. The number of carboxylic acid groups (broad SMARTS) is 1. The average Bonchev–Trinajstić information content (AvgIpc) is 2.94. The minimum atomic E-state index is -1.32. The van der Waals surface area contributed by atoms with Crippen molar-refractivity contribution in [2.24, 2.45) is 0 Å². The van der Waals surface area contributed by atoms with Gasteiger partial charge in [-0.3, -0.25) is 9.59 Å². The number of amides is 1. The Labute approximate surface area is 119 Å². The molecule has 2 aromatic rings. The molecule has 2 heterocycles. The van der Waals surface area contributed by atoms with Crippen LogP contribution in [0.1, 0.15) is 21.8 Å². The zero-order valence-electron chi connectivity index (χ0n) is 11.3. The number of rotatable bonds is 5. The Hall–Kier alpha value is -2.83. The Bertz CT molecular complexity index is 715. The monoisotopic (exact) mass is 290 g/mol. The molecule has 0 aliphatic heterocycles. The molecular formula is C14H14N2O5.